The van der Waals surface area contributed by atoms with Crippen molar-refractivity contribution >= 4 is 5.91 Å². The van der Waals surface area contributed by atoms with E-state index in [-0.39, 0.29) is 22.6 Å². The van der Waals surface area contributed by atoms with E-state index in [1.54, 1.807) is 0 Å². The lowest BCUT2D eigenvalue weighted by molar-refractivity contribution is -0.143. The van der Waals surface area contributed by atoms with Gasteiger partial charge in [-0.15, -0.1) is 0 Å². The first-order chi connectivity index (χ1) is 9.29. The highest BCUT2D eigenvalue weighted by molar-refractivity contribution is 5.87. The highest BCUT2D eigenvalue weighted by Crippen LogP contribution is 2.54. The van der Waals surface area contributed by atoms with Crippen molar-refractivity contribution in [2.45, 2.75) is 71.6 Å². The Balaban J connectivity index is 1.95. The van der Waals surface area contributed by atoms with Crippen LogP contribution >= 0.6 is 0 Å². The molecule has 0 aromatic carbocycles. The number of nitrogens with zero attached hydrogens (tertiary/aromatic N) is 1. The Morgan fingerprint density at radius 2 is 2.10 bits per heavy atom. The van der Waals surface area contributed by atoms with Crippen LogP contribution in [-0.2, 0) is 9.53 Å². The van der Waals surface area contributed by atoms with Gasteiger partial charge in [-0.05, 0) is 38.0 Å². The van der Waals surface area contributed by atoms with E-state index in [4.69, 9.17) is 4.74 Å². The Morgan fingerprint density at radius 3 is 2.80 bits per heavy atom. The van der Waals surface area contributed by atoms with Gasteiger partial charge in [0, 0.05) is 6.42 Å². The molecule has 0 aromatic rings. The predicted octanol–water partition coefficient (Wildman–Crippen LogP) is 3.50. The predicted molar refractivity (Wildman–Crippen MR) is 79.1 cm³/mol. The van der Waals surface area contributed by atoms with Crippen LogP contribution in [0, 0.1) is 10.8 Å². The summed E-state index contributed by atoms with van der Waals surface area (Å²) in [5, 5.41) is 0. The molecule has 0 aromatic heterocycles. The van der Waals surface area contributed by atoms with Crippen molar-refractivity contribution in [3.05, 3.63) is 12.2 Å². The second-order valence-electron chi connectivity index (χ2n) is 8.07. The van der Waals surface area contributed by atoms with E-state index in [1.807, 2.05) is 0 Å². The van der Waals surface area contributed by atoms with Gasteiger partial charge in [0.25, 0.3) is 0 Å². The fraction of sp³-hybridized carbons (Fsp3) is 0.824. The fourth-order valence-electron chi connectivity index (χ4n) is 4.26. The molecule has 2 fully saturated rings. The number of amides is 1. The minimum atomic E-state index is -0.382. The maximum atomic E-state index is 13.2. The molecule has 1 aliphatic carbocycles. The number of hydrogen-bond donors (Lipinski definition) is 0. The highest BCUT2D eigenvalue weighted by Gasteiger charge is 2.63. The lowest BCUT2D eigenvalue weighted by Crippen LogP contribution is -2.49. The minimum Gasteiger partial charge on any atom is -0.354 e. The van der Waals surface area contributed by atoms with Crippen molar-refractivity contribution < 1.29 is 9.53 Å². The molecule has 112 valence electrons. The van der Waals surface area contributed by atoms with Gasteiger partial charge in [-0.25, -0.2) is 0 Å². The molecule has 0 unspecified atom stereocenters. The molecule has 3 heteroatoms. The zero-order valence-electron chi connectivity index (χ0n) is 13.2. The van der Waals surface area contributed by atoms with E-state index in [2.05, 4.69) is 44.7 Å². The van der Waals surface area contributed by atoms with Crippen molar-refractivity contribution in [1.29, 1.82) is 0 Å². The molecule has 0 saturated carbocycles. The first-order valence-corrected chi connectivity index (χ1v) is 7.91. The van der Waals surface area contributed by atoms with Crippen LogP contribution in [0.5, 0.6) is 0 Å². The number of carbonyl (C=O) groups excluding carboxylic acids is 1. The first kappa shape index (κ1) is 14.1. The maximum Gasteiger partial charge on any atom is 0.231 e. The summed E-state index contributed by atoms with van der Waals surface area (Å²) >= 11 is 0. The van der Waals surface area contributed by atoms with Gasteiger partial charge >= 0.3 is 0 Å². The number of hydrogen-bond acceptors (Lipinski definition) is 2. The normalized spacial score (nSPS) is 41.3. The average Bonchev–Trinajstić information content (AvgIpc) is 2.65. The topological polar surface area (TPSA) is 29.5 Å². The molecule has 2 saturated heterocycles. The summed E-state index contributed by atoms with van der Waals surface area (Å²) in [4.78, 5) is 15.3. The molecule has 2 aliphatic heterocycles. The molecule has 3 atom stereocenters. The molecule has 20 heavy (non-hydrogen) atoms. The SMILES string of the molecule is CC(C)(C)[C@H]1CO[C@]2(C)C[C@]3(CC=CCCC3)C(=O)N12. The van der Waals surface area contributed by atoms with Crippen molar-refractivity contribution in [2.24, 2.45) is 10.8 Å². The number of ether oxygens (including phenoxy) is 1. The summed E-state index contributed by atoms with van der Waals surface area (Å²) in [6.45, 7) is 9.41. The Kier molecular flexibility index (Phi) is 3.06. The van der Waals surface area contributed by atoms with Crippen molar-refractivity contribution in [2.75, 3.05) is 6.61 Å². The lowest BCUT2D eigenvalue weighted by atomic mass is 9.77. The van der Waals surface area contributed by atoms with Crippen LogP contribution in [0.3, 0.4) is 0 Å². The van der Waals surface area contributed by atoms with Gasteiger partial charge in [0.05, 0.1) is 18.1 Å². The smallest absolute Gasteiger partial charge is 0.231 e. The molecule has 0 bridgehead atoms. The number of fused-ring (bicyclic) bond motifs is 1. The molecule has 1 spiro atoms. The monoisotopic (exact) mass is 277 g/mol. The largest absolute Gasteiger partial charge is 0.354 e. The maximum absolute atomic E-state index is 13.2. The van der Waals surface area contributed by atoms with Crippen LogP contribution in [-0.4, -0.2) is 29.2 Å². The summed E-state index contributed by atoms with van der Waals surface area (Å²) in [6, 6.07) is 0.201. The van der Waals surface area contributed by atoms with E-state index in [0.29, 0.717) is 12.5 Å². The standard InChI is InChI=1S/C17H27NO2/c1-15(2,3)13-11-20-16(4)12-17(14(19)18(13)16)9-7-5-6-8-10-17/h5,7,13H,6,8-12H2,1-4H3/t13-,16-,17-/m1/s1. The third-order valence-electron chi connectivity index (χ3n) is 5.41. The van der Waals surface area contributed by atoms with Gasteiger partial charge in [-0.2, -0.15) is 0 Å². The zero-order chi connectivity index (χ0) is 14.6. The molecule has 0 radical (unpaired) electrons. The zero-order valence-corrected chi connectivity index (χ0v) is 13.2. The van der Waals surface area contributed by atoms with Gasteiger partial charge in [-0.1, -0.05) is 32.9 Å². The molecular weight excluding hydrogens is 250 g/mol. The minimum absolute atomic E-state index is 0.0690. The van der Waals surface area contributed by atoms with E-state index >= 15 is 0 Å². The summed E-state index contributed by atoms with van der Waals surface area (Å²) in [5.41, 5.74) is -0.515. The molecule has 3 nitrogen and oxygen atoms in total. The Bertz CT molecular complexity index is 450. The van der Waals surface area contributed by atoms with Crippen molar-refractivity contribution in [1.82, 2.24) is 4.90 Å². The average molecular weight is 277 g/mol. The molecule has 2 heterocycles. The highest BCUT2D eigenvalue weighted by atomic mass is 16.5. The van der Waals surface area contributed by atoms with Crippen LogP contribution in [0.1, 0.15) is 59.8 Å². The van der Waals surface area contributed by atoms with Crippen LogP contribution in [0.15, 0.2) is 12.2 Å². The second-order valence-corrected chi connectivity index (χ2v) is 8.07. The summed E-state index contributed by atoms with van der Waals surface area (Å²) in [5.74, 6) is 0.337. The quantitative estimate of drug-likeness (QED) is 0.634. The van der Waals surface area contributed by atoms with Crippen molar-refractivity contribution in [3.63, 3.8) is 0 Å². The molecule has 0 N–H and O–H groups in total. The van der Waals surface area contributed by atoms with Crippen LogP contribution in [0.4, 0.5) is 0 Å². The van der Waals surface area contributed by atoms with Gasteiger partial charge in [0.1, 0.15) is 5.72 Å². The van der Waals surface area contributed by atoms with Crippen LogP contribution in [0.25, 0.3) is 0 Å². The number of allylic oxidation sites excluding steroid dienone is 2. The summed E-state index contributed by atoms with van der Waals surface area (Å²) < 4.78 is 6.12. The van der Waals surface area contributed by atoms with E-state index in [0.717, 1.165) is 32.1 Å². The van der Waals surface area contributed by atoms with Crippen LogP contribution in [0.2, 0.25) is 0 Å². The first-order valence-electron chi connectivity index (χ1n) is 7.91. The number of rotatable bonds is 0. The third kappa shape index (κ3) is 1.93. The van der Waals surface area contributed by atoms with Crippen LogP contribution < -0.4 is 0 Å². The molecule has 3 aliphatic rings. The molecular formula is C17H27NO2. The third-order valence-corrected chi connectivity index (χ3v) is 5.41. The van der Waals surface area contributed by atoms with E-state index in [1.165, 1.54) is 0 Å². The Hall–Kier alpha value is -0.830. The fourth-order valence-corrected chi connectivity index (χ4v) is 4.26. The van der Waals surface area contributed by atoms with Crippen molar-refractivity contribution in [3.8, 4) is 0 Å². The Labute approximate surface area is 122 Å². The van der Waals surface area contributed by atoms with Gasteiger partial charge in [0.15, 0.2) is 0 Å². The molecule has 1 amide bonds. The molecule has 3 rings (SSSR count). The van der Waals surface area contributed by atoms with Gasteiger partial charge in [0.2, 0.25) is 5.91 Å². The summed E-state index contributed by atoms with van der Waals surface area (Å²) in [6.07, 6.45) is 9.42. The van der Waals surface area contributed by atoms with E-state index in [9.17, 15) is 4.79 Å². The van der Waals surface area contributed by atoms with Gasteiger partial charge < -0.3 is 9.64 Å². The lowest BCUT2D eigenvalue weighted by Gasteiger charge is -2.36. The summed E-state index contributed by atoms with van der Waals surface area (Å²) in [7, 11) is 0. The second kappa shape index (κ2) is 4.33. The Morgan fingerprint density at radius 1 is 1.35 bits per heavy atom. The van der Waals surface area contributed by atoms with Gasteiger partial charge in [-0.3, -0.25) is 4.79 Å². The number of carbonyl (C=O) groups is 1. The van der Waals surface area contributed by atoms with E-state index < -0.39 is 0 Å².